The van der Waals surface area contributed by atoms with Crippen LogP contribution in [0.2, 0.25) is 0 Å². The summed E-state index contributed by atoms with van der Waals surface area (Å²) in [6.07, 6.45) is 0. The van der Waals surface area contributed by atoms with E-state index < -0.39 is 22.2 Å². The Morgan fingerprint density at radius 3 is 2.25 bits per heavy atom. The Bertz CT molecular complexity index is 698. The molecule has 0 fully saturated rings. The Labute approximate surface area is 122 Å². The van der Waals surface area contributed by atoms with E-state index in [1.54, 1.807) is 18.2 Å². The molecule has 0 amide bonds. The number of hydrogen-bond acceptors (Lipinski definition) is 4. The molecule has 2 rings (SSSR count). The van der Waals surface area contributed by atoms with Crippen LogP contribution in [0.5, 0.6) is 0 Å². The molecule has 0 unspecified atom stereocenters. The van der Waals surface area contributed by atoms with Crippen LogP contribution in [0.15, 0.2) is 53.0 Å². The zero-order valence-electron chi connectivity index (χ0n) is 10.1. The average molecular weight is 334 g/mol. The van der Waals surface area contributed by atoms with Gasteiger partial charge in [0.05, 0.1) is 4.92 Å². The number of rotatable bonds is 4. The summed E-state index contributed by atoms with van der Waals surface area (Å²) in [5, 5.41) is 11.0. The maximum absolute atomic E-state index is 12.1. The van der Waals surface area contributed by atoms with Gasteiger partial charge in [-0.3, -0.25) is 19.7 Å². The van der Waals surface area contributed by atoms with Gasteiger partial charge < -0.3 is 0 Å². The van der Waals surface area contributed by atoms with E-state index in [1.165, 1.54) is 30.3 Å². The molecular formula is C14H8BrNO4. The smallest absolute Gasteiger partial charge is 0.281 e. The Morgan fingerprint density at radius 2 is 1.65 bits per heavy atom. The number of halogens is 1. The second kappa shape index (κ2) is 5.75. The molecule has 0 saturated heterocycles. The van der Waals surface area contributed by atoms with Gasteiger partial charge in [0.15, 0.2) is 0 Å². The van der Waals surface area contributed by atoms with Gasteiger partial charge in [0.2, 0.25) is 11.6 Å². The van der Waals surface area contributed by atoms with Crippen LogP contribution in [0.1, 0.15) is 20.7 Å². The molecule has 0 aliphatic rings. The van der Waals surface area contributed by atoms with Gasteiger partial charge in [-0.05, 0) is 12.1 Å². The largest absolute Gasteiger partial charge is 0.285 e. The number of ketones is 2. The molecule has 20 heavy (non-hydrogen) atoms. The van der Waals surface area contributed by atoms with Crippen molar-refractivity contribution < 1.29 is 14.5 Å². The van der Waals surface area contributed by atoms with E-state index in [0.29, 0.717) is 4.47 Å². The maximum Gasteiger partial charge on any atom is 0.281 e. The minimum atomic E-state index is -0.893. The molecule has 0 aliphatic carbocycles. The zero-order valence-corrected chi connectivity index (χ0v) is 11.7. The SMILES string of the molecule is O=C(C(=O)c1ccc(Br)cc1[N+](=O)[O-])c1ccccc1. The molecule has 0 radical (unpaired) electrons. The molecule has 2 aromatic carbocycles. The number of nitrogens with zero attached hydrogens (tertiary/aromatic N) is 1. The van der Waals surface area contributed by atoms with Crippen molar-refractivity contribution in [3.8, 4) is 0 Å². The maximum atomic E-state index is 12.1. The first kappa shape index (κ1) is 14.1. The minimum Gasteiger partial charge on any atom is -0.285 e. The van der Waals surface area contributed by atoms with Crippen LogP contribution in [-0.4, -0.2) is 16.5 Å². The van der Waals surface area contributed by atoms with Crippen molar-refractivity contribution in [2.75, 3.05) is 0 Å². The highest BCUT2D eigenvalue weighted by atomic mass is 79.9. The summed E-state index contributed by atoms with van der Waals surface area (Å²) in [4.78, 5) is 34.4. The Kier molecular flexibility index (Phi) is 4.05. The van der Waals surface area contributed by atoms with Gasteiger partial charge in [-0.2, -0.15) is 0 Å². The number of carbonyl (C=O) groups excluding carboxylic acids is 2. The van der Waals surface area contributed by atoms with Crippen molar-refractivity contribution in [3.05, 3.63) is 74.2 Å². The van der Waals surface area contributed by atoms with Crippen LogP contribution < -0.4 is 0 Å². The number of nitro groups is 1. The Hall–Kier alpha value is -2.34. The van der Waals surface area contributed by atoms with Crippen LogP contribution in [-0.2, 0) is 0 Å². The number of benzene rings is 2. The highest BCUT2D eigenvalue weighted by molar-refractivity contribution is 9.10. The Balaban J connectivity index is 2.44. The van der Waals surface area contributed by atoms with Crippen molar-refractivity contribution in [3.63, 3.8) is 0 Å². The zero-order chi connectivity index (χ0) is 14.7. The lowest BCUT2D eigenvalue weighted by Crippen LogP contribution is -2.16. The van der Waals surface area contributed by atoms with Gasteiger partial charge in [-0.1, -0.05) is 46.3 Å². The predicted molar refractivity (Wildman–Crippen MR) is 75.9 cm³/mol. The van der Waals surface area contributed by atoms with Gasteiger partial charge in [-0.25, -0.2) is 0 Å². The predicted octanol–water partition coefficient (Wildman–Crippen LogP) is 3.42. The summed E-state index contributed by atoms with van der Waals surface area (Å²) < 4.78 is 0.466. The Morgan fingerprint density at radius 1 is 1.00 bits per heavy atom. The summed E-state index contributed by atoms with van der Waals surface area (Å²) in [5.74, 6) is -1.66. The highest BCUT2D eigenvalue weighted by Crippen LogP contribution is 2.24. The summed E-state index contributed by atoms with van der Waals surface area (Å²) in [6.45, 7) is 0. The number of Topliss-reactive ketones (excluding diaryl/α,β-unsaturated/α-hetero) is 2. The summed E-state index contributed by atoms with van der Waals surface area (Å²) in [7, 11) is 0. The van der Waals surface area contributed by atoms with Crippen molar-refractivity contribution in [1.82, 2.24) is 0 Å². The molecule has 0 aromatic heterocycles. The fourth-order valence-corrected chi connectivity index (χ4v) is 2.04. The normalized spacial score (nSPS) is 10.1. The van der Waals surface area contributed by atoms with E-state index in [9.17, 15) is 19.7 Å². The molecule has 0 heterocycles. The lowest BCUT2D eigenvalue weighted by molar-refractivity contribution is -0.385. The van der Waals surface area contributed by atoms with Crippen LogP contribution in [0.25, 0.3) is 0 Å². The van der Waals surface area contributed by atoms with E-state index in [0.717, 1.165) is 0 Å². The van der Waals surface area contributed by atoms with E-state index in [1.807, 2.05) is 0 Å². The minimum absolute atomic E-state index is 0.203. The third-order valence-corrected chi connectivity index (χ3v) is 3.14. The molecule has 0 atom stereocenters. The molecule has 6 heteroatoms. The van der Waals surface area contributed by atoms with Crippen LogP contribution in [0.4, 0.5) is 5.69 Å². The van der Waals surface area contributed by atoms with Gasteiger partial charge in [0.1, 0.15) is 5.56 Å². The first-order valence-corrected chi connectivity index (χ1v) is 6.38. The van der Waals surface area contributed by atoms with E-state index >= 15 is 0 Å². The molecule has 100 valence electrons. The quantitative estimate of drug-likeness (QED) is 0.371. The van der Waals surface area contributed by atoms with Gasteiger partial charge in [-0.15, -0.1) is 0 Å². The van der Waals surface area contributed by atoms with Crippen molar-refractivity contribution >= 4 is 33.2 Å². The van der Waals surface area contributed by atoms with E-state index in [-0.39, 0.29) is 11.1 Å². The highest BCUT2D eigenvalue weighted by Gasteiger charge is 2.26. The number of nitro benzene ring substituents is 1. The molecule has 0 aliphatic heterocycles. The third kappa shape index (κ3) is 2.80. The van der Waals surface area contributed by atoms with Gasteiger partial charge in [0, 0.05) is 16.1 Å². The topological polar surface area (TPSA) is 77.3 Å². The first-order chi connectivity index (χ1) is 9.50. The lowest BCUT2D eigenvalue weighted by atomic mass is 10.0. The van der Waals surface area contributed by atoms with Crippen LogP contribution in [0.3, 0.4) is 0 Å². The molecule has 0 N–H and O–H groups in total. The van der Waals surface area contributed by atoms with Crippen LogP contribution in [0, 0.1) is 10.1 Å². The van der Waals surface area contributed by atoms with Gasteiger partial charge >= 0.3 is 0 Å². The van der Waals surface area contributed by atoms with Crippen molar-refractivity contribution in [2.45, 2.75) is 0 Å². The van der Waals surface area contributed by atoms with E-state index in [4.69, 9.17) is 0 Å². The molecule has 0 bridgehead atoms. The third-order valence-electron chi connectivity index (χ3n) is 2.64. The fraction of sp³-hybridized carbons (Fsp3) is 0. The van der Waals surface area contributed by atoms with E-state index in [2.05, 4.69) is 15.9 Å². The first-order valence-electron chi connectivity index (χ1n) is 5.58. The van der Waals surface area contributed by atoms with Crippen molar-refractivity contribution in [2.24, 2.45) is 0 Å². The second-order valence-electron chi connectivity index (χ2n) is 3.94. The van der Waals surface area contributed by atoms with Gasteiger partial charge in [0.25, 0.3) is 5.69 Å². The molecule has 5 nitrogen and oxygen atoms in total. The average Bonchev–Trinajstić information content (AvgIpc) is 2.46. The van der Waals surface area contributed by atoms with Crippen molar-refractivity contribution in [1.29, 1.82) is 0 Å². The lowest BCUT2D eigenvalue weighted by Gasteiger charge is -2.02. The molecule has 0 saturated carbocycles. The summed E-state index contributed by atoms with van der Waals surface area (Å²) in [6, 6.07) is 11.9. The second-order valence-corrected chi connectivity index (χ2v) is 4.86. The molecular weight excluding hydrogens is 326 g/mol. The monoisotopic (exact) mass is 333 g/mol. The summed E-state index contributed by atoms with van der Waals surface area (Å²) in [5.41, 5.74) is -0.407. The fourth-order valence-electron chi connectivity index (χ4n) is 1.69. The molecule has 0 spiro atoms. The standard InChI is InChI=1S/C14H8BrNO4/c15-10-6-7-11(12(8-10)16(19)20)14(18)13(17)9-4-2-1-3-5-9/h1-8H. The van der Waals surface area contributed by atoms with Crippen LogP contribution >= 0.6 is 15.9 Å². The molecule has 2 aromatic rings. The summed E-state index contributed by atoms with van der Waals surface area (Å²) >= 11 is 3.10. The number of hydrogen-bond donors (Lipinski definition) is 0. The number of carbonyl (C=O) groups is 2.